The van der Waals surface area contributed by atoms with Crippen LogP contribution in [0.4, 0.5) is 11.5 Å². The average molecular weight is 424 g/mol. The quantitative estimate of drug-likeness (QED) is 0.641. The predicted octanol–water partition coefficient (Wildman–Crippen LogP) is 4.07. The van der Waals surface area contributed by atoms with Gasteiger partial charge in [-0.25, -0.2) is 4.98 Å². The van der Waals surface area contributed by atoms with E-state index in [1.165, 1.54) is 0 Å². The summed E-state index contributed by atoms with van der Waals surface area (Å²) in [5.41, 5.74) is 1.57. The number of nitrogens with zero attached hydrogens (tertiary/aromatic N) is 3. The van der Waals surface area contributed by atoms with Crippen LogP contribution in [0.3, 0.4) is 0 Å². The molecule has 1 aromatic heterocycles. The number of benzene rings is 2. The maximum absolute atomic E-state index is 10.2. The molecule has 1 fully saturated rings. The number of aromatic hydroxyl groups is 1. The molecule has 0 amide bonds. The molecular weight excluding hydrogens is 394 g/mol. The molecule has 0 aliphatic carbocycles. The van der Waals surface area contributed by atoms with Gasteiger partial charge in [-0.2, -0.15) is 0 Å². The lowest BCUT2D eigenvalue weighted by Gasteiger charge is -2.39. The lowest BCUT2D eigenvalue weighted by molar-refractivity contribution is 0.372. The van der Waals surface area contributed by atoms with E-state index >= 15 is 0 Å². The van der Waals surface area contributed by atoms with Gasteiger partial charge in [-0.05, 0) is 31.0 Å². The third-order valence-electron chi connectivity index (χ3n) is 6.06. The molecule has 0 unspecified atom stereocenters. The molecule has 0 atom stereocenters. The van der Waals surface area contributed by atoms with Gasteiger partial charge in [0.1, 0.15) is 40.0 Å². The molecule has 7 nitrogen and oxygen atoms in total. The standard InChI is InChI=1S/C24H29N3O4/c1-26(24-20(30-3)14-18(29-2)15-21(24)31-4)17-10-12-27(13-11-17)22-9-8-16-6-5-7-19(28)23(16)25-22/h5-9,14-15,17,28H,10-13H2,1-4H3. The van der Waals surface area contributed by atoms with Crippen molar-refractivity contribution >= 4 is 22.4 Å². The van der Waals surface area contributed by atoms with E-state index < -0.39 is 0 Å². The van der Waals surface area contributed by atoms with Gasteiger partial charge in [-0.3, -0.25) is 0 Å². The average Bonchev–Trinajstić information content (AvgIpc) is 2.82. The fraction of sp³-hybridized carbons (Fsp3) is 0.375. The maximum Gasteiger partial charge on any atom is 0.149 e. The lowest BCUT2D eigenvalue weighted by atomic mass is 10.0. The topological polar surface area (TPSA) is 67.3 Å². The molecule has 0 saturated carbocycles. The molecule has 4 rings (SSSR count). The van der Waals surface area contributed by atoms with Crippen LogP contribution in [0.5, 0.6) is 23.0 Å². The van der Waals surface area contributed by atoms with Crippen molar-refractivity contribution in [1.82, 2.24) is 4.98 Å². The minimum absolute atomic E-state index is 0.215. The molecule has 3 aromatic rings. The van der Waals surface area contributed by atoms with Crippen LogP contribution >= 0.6 is 0 Å². The van der Waals surface area contributed by atoms with E-state index in [4.69, 9.17) is 19.2 Å². The minimum Gasteiger partial charge on any atom is -0.506 e. The van der Waals surface area contributed by atoms with Gasteiger partial charge in [0, 0.05) is 43.7 Å². The van der Waals surface area contributed by atoms with Gasteiger partial charge in [0.25, 0.3) is 0 Å². The first-order chi connectivity index (χ1) is 15.0. The van der Waals surface area contributed by atoms with E-state index in [9.17, 15) is 5.11 Å². The van der Waals surface area contributed by atoms with Crippen LogP contribution in [-0.2, 0) is 0 Å². The van der Waals surface area contributed by atoms with E-state index in [-0.39, 0.29) is 5.75 Å². The number of aromatic nitrogens is 1. The fourth-order valence-electron chi connectivity index (χ4n) is 4.30. The van der Waals surface area contributed by atoms with Crippen LogP contribution in [-0.4, -0.2) is 57.6 Å². The van der Waals surface area contributed by atoms with E-state index in [2.05, 4.69) is 16.8 Å². The number of phenolic OH excluding ortho intramolecular Hbond substituents is 1. The van der Waals surface area contributed by atoms with Crippen molar-refractivity contribution in [3.63, 3.8) is 0 Å². The van der Waals surface area contributed by atoms with Gasteiger partial charge in [-0.15, -0.1) is 0 Å². The molecule has 1 N–H and O–H groups in total. The summed E-state index contributed by atoms with van der Waals surface area (Å²) in [4.78, 5) is 9.23. The smallest absolute Gasteiger partial charge is 0.149 e. The van der Waals surface area contributed by atoms with Gasteiger partial charge >= 0.3 is 0 Å². The Bertz CT molecular complexity index is 1040. The summed E-state index contributed by atoms with van der Waals surface area (Å²) in [5, 5.41) is 11.1. The second kappa shape index (κ2) is 8.79. The Morgan fingerprint density at radius 1 is 0.968 bits per heavy atom. The van der Waals surface area contributed by atoms with Gasteiger partial charge in [-0.1, -0.05) is 12.1 Å². The minimum atomic E-state index is 0.215. The Hall–Kier alpha value is -3.35. The lowest BCUT2D eigenvalue weighted by Crippen LogP contribution is -2.44. The molecule has 0 bridgehead atoms. The molecule has 0 radical (unpaired) electrons. The zero-order valence-corrected chi connectivity index (χ0v) is 18.5. The Balaban J connectivity index is 1.52. The van der Waals surface area contributed by atoms with E-state index in [1.807, 2.05) is 36.4 Å². The molecule has 2 heterocycles. The number of pyridine rings is 1. The van der Waals surface area contributed by atoms with Crippen LogP contribution in [0.15, 0.2) is 42.5 Å². The summed E-state index contributed by atoms with van der Waals surface area (Å²) in [6.07, 6.45) is 1.94. The van der Waals surface area contributed by atoms with Crippen LogP contribution in [0.25, 0.3) is 10.9 Å². The molecule has 1 saturated heterocycles. The number of piperidine rings is 1. The van der Waals surface area contributed by atoms with Crippen molar-refractivity contribution in [3.05, 3.63) is 42.5 Å². The van der Waals surface area contributed by atoms with Gasteiger partial charge in [0.2, 0.25) is 0 Å². The van der Waals surface area contributed by atoms with Gasteiger partial charge in [0.05, 0.1) is 21.3 Å². The SMILES string of the molecule is COc1cc(OC)c(N(C)C2CCN(c3ccc4cccc(O)c4n3)CC2)c(OC)c1. The molecule has 0 spiro atoms. The highest BCUT2D eigenvalue weighted by Crippen LogP contribution is 2.42. The summed E-state index contributed by atoms with van der Waals surface area (Å²) in [6, 6.07) is 13.6. The van der Waals surface area contributed by atoms with E-state index in [0.717, 1.165) is 54.3 Å². The number of hydrogen-bond donors (Lipinski definition) is 1. The van der Waals surface area contributed by atoms with Crippen molar-refractivity contribution in [3.8, 4) is 23.0 Å². The molecule has 1 aliphatic rings. The number of hydrogen-bond acceptors (Lipinski definition) is 7. The molecular formula is C24H29N3O4. The van der Waals surface area contributed by atoms with E-state index in [1.54, 1.807) is 27.4 Å². The molecule has 7 heteroatoms. The highest BCUT2D eigenvalue weighted by atomic mass is 16.5. The summed E-state index contributed by atoms with van der Waals surface area (Å²) in [5.74, 6) is 3.27. The summed E-state index contributed by atoms with van der Waals surface area (Å²) < 4.78 is 16.6. The van der Waals surface area contributed by atoms with Crippen LogP contribution in [0.2, 0.25) is 0 Å². The van der Waals surface area contributed by atoms with Crippen molar-refractivity contribution in [2.75, 3.05) is 51.3 Å². The fourth-order valence-corrected chi connectivity index (χ4v) is 4.30. The first-order valence-electron chi connectivity index (χ1n) is 10.4. The number of methoxy groups -OCH3 is 3. The first kappa shape index (κ1) is 20.9. The Morgan fingerprint density at radius 3 is 2.26 bits per heavy atom. The van der Waals surface area contributed by atoms with Crippen molar-refractivity contribution < 1.29 is 19.3 Å². The third kappa shape index (κ3) is 4.00. The Kier molecular flexibility index (Phi) is 5.93. The second-order valence-corrected chi connectivity index (χ2v) is 7.73. The summed E-state index contributed by atoms with van der Waals surface area (Å²) in [7, 11) is 7.04. The number of phenols is 1. The zero-order chi connectivity index (χ0) is 22.0. The number of ether oxygens (including phenoxy) is 3. The predicted molar refractivity (Wildman–Crippen MR) is 123 cm³/mol. The van der Waals surface area contributed by atoms with Crippen molar-refractivity contribution in [2.45, 2.75) is 18.9 Å². The molecule has 1 aliphatic heterocycles. The van der Waals surface area contributed by atoms with Crippen molar-refractivity contribution in [1.29, 1.82) is 0 Å². The van der Waals surface area contributed by atoms with Crippen LogP contribution in [0, 0.1) is 0 Å². The summed E-state index contributed by atoms with van der Waals surface area (Å²) >= 11 is 0. The molecule has 2 aromatic carbocycles. The second-order valence-electron chi connectivity index (χ2n) is 7.73. The van der Waals surface area contributed by atoms with Crippen LogP contribution in [0.1, 0.15) is 12.8 Å². The Morgan fingerprint density at radius 2 is 1.65 bits per heavy atom. The van der Waals surface area contributed by atoms with Gasteiger partial charge < -0.3 is 29.1 Å². The number of para-hydroxylation sites is 1. The molecule has 164 valence electrons. The molecule has 31 heavy (non-hydrogen) atoms. The number of rotatable bonds is 6. The van der Waals surface area contributed by atoms with Gasteiger partial charge in [0.15, 0.2) is 0 Å². The number of anilines is 2. The zero-order valence-electron chi connectivity index (χ0n) is 18.5. The van der Waals surface area contributed by atoms with E-state index in [0.29, 0.717) is 17.3 Å². The Labute approximate surface area is 182 Å². The number of fused-ring (bicyclic) bond motifs is 1. The normalized spacial score (nSPS) is 14.5. The van der Waals surface area contributed by atoms with Crippen LogP contribution < -0.4 is 24.0 Å². The highest BCUT2D eigenvalue weighted by molar-refractivity contribution is 5.85. The monoisotopic (exact) mass is 423 g/mol. The van der Waals surface area contributed by atoms with Crippen molar-refractivity contribution in [2.24, 2.45) is 0 Å². The summed E-state index contributed by atoms with van der Waals surface area (Å²) in [6.45, 7) is 1.75. The highest BCUT2D eigenvalue weighted by Gasteiger charge is 2.27. The third-order valence-corrected chi connectivity index (χ3v) is 6.06. The first-order valence-corrected chi connectivity index (χ1v) is 10.4. The largest absolute Gasteiger partial charge is 0.506 e. The maximum atomic E-state index is 10.2.